The number of aryl methyl sites for hydroxylation is 1. The van der Waals surface area contributed by atoms with Crippen molar-refractivity contribution in [3.8, 4) is 22.8 Å². The topological polar surface area (TPSA) is 97.2 Å². The molecule has 0 saturated carbocycles. The maximum Gasteiger partial charge on any atom is 0.257 e. The Kier molecular flexibility index (Phi) is 7.35. The Hall–Kier alpha value is -4.26. The summed E-state index contributed by atoms with van der Waals surface area (Å²) in [6.07, 6.45) is 8.37. The van der Waals surface area contributed by atoms with E-state index < -0.39 is 0 Å². The summed E-state index contributed by atoms with van der Waals surface area (Å²) in [6, 6.07) is 14.9. The minimum absolute atomic E-state index is 0.0806. The largest absolute Gasteiger partial charge is 0.504 e. The molecule has 7 nitrogen and oxygen atoms in total. The Morgan fingerprint density at radius 2 is 1.89 bits per heavy atom. The van der Waals surface area contributed by atoms with Crippen molar-refractivity contribution in [1.82, 2.24) is 15.0 Å². The number of hydrogen-bond donors (Lipinski definition) is 2. The van der Waals surface area contributed by atoms with Gasteiger partial charge >= 0.3 is 0 Å². The summed E-state index contributed by atoms with van der Waals surface area (Å²) in [6.45, 7) is 4.04. The van der Waals surface area contributed by atoms with Crippen molar-refractivity contribution >= 4 is 11.6 Å². The van der Waals surface area contributed by atoms with Crippen LogP contribution in [0.2, 0.25) is 0 Å². The van der Waals surface area contributed by atoms with Crippen molar-refractivity contribution in [2.75, 3.05) is 12.4 Å². The number of nitrogens with zero attached hydrogens (tertiary/aromatic N) is 3. The first-order chi connectivity index (χ1) is 17.0. The molecule has 2 aromatic heterocycles. The van der Waals surface area contributed by atoms with Gasteiger partial charge in [-0.1, -0.05) is 19.1 Å². The first kappa shape index (κ1) is 23.9. The predicted octanol–water partition coefficient (Wildman–Crippen LogP) is 5.55. The Morgan fingerprint density at radius 1 is 1.06 bits per heavy atom. The second-order valence-corrected chi connectivity index (χ2v) is 8.42. The highest BCUT2D eigenvalue weighted by molar-refractivity contribution is 6.04. The fourth-order valence-electron chi connectivity index (χ4n) is 3.98. The van der Waals surface area contributed by atoms with Crippen LogP contribution in [0.15, 0.2) is 73.3 Å². The number of pyridine rings is 1. The number of anilines is 1. The minimum atomic E-state index is -0.186. The number of rotatable bonds is 8. The molecule has 1 atom stereocenters. The average Bonchev–Trinajstić information content (AvgIpc) is 2.88. The quantitative estimate of drug-likeness (QED) is 0.352. The zero-order valence-corrected chi connectivity index (χ0v) is 20.0. The van der Waals surface area contributed by atoms with Gasteiger partial charge in [0.05, 0.1) is 30.3 Å². The maximum absolute atomic E-state index is 12.7. The van der Waals surface area contributed by atoms with Gasteiger partial charge in [0.25, 0.3) is 5.91 Å². The molecule has 0 aliphatic carbocycles. The van der Waals surface area contributed by atoms with E-state index in [1.807, 2.05) is 31.2 Å². The average molecular weight is 469 g/mol. The SMILES string of the molecule is CC[C@H](Cc1cncc(-c2ccc(O)c(OC)c2)n1)c1cccc(NC(=O)c2cncc(C)c2)c1. The van der Waals surface area contributed by atoms with Crippen LogP contribution in [0.4, 0.5) is 5.69 Å². The van der Waals surface area contributed by atoms with Gasteiger partial charge in [-0.25, -0.2) is 4.98 Å². The van der Waals surface area contributed by atoms with Gasteiger partial charge in [0.1, 0.15) is 0 Å². The number of aromatic hydroxyl groups is 1. The molecule has 2 aromatic carbocycles. The van der Waals surface area contributed by atoms with E-state index in [1.54, 1.807) is 43.0 Å². The molecule has 0 aliphatic heterocycles. The van der Waals surface area contributed by atoms with Gasteiger partial charge in [-0.15, -0.1) is 0 Å². The molecule has 0 unspecified atom stereocenters. The van der Waals surface area contributed by atoms with E-state index in [0.717, 1.165) is 34.5 Å². The summed E-state index contributed by atoms with van der Waals surface area (Å²) in [5.74, 6) is 0.485. The first-order valence-corrected chi connectivity index (χ1v) is 11.5. The normalized spacial score (nSPS) is 11.6. The number of methoxy groups -OCH3 is 1. The van der Waals surface area contributed by atoms with Crippen molar-refractivity contribution in [2.45, 2.75) is 32.6 Å². The zero-order valence-electron chi connectivity index (χ0n) is 20.0. The van der Waals surface area contributed by atoms with Crippen molar-refractivity contribution in [1.29, 1.82) is 0 Å². The second kappa shape index (κ2) is 10.8. The number of phenols is 1. The molecule has 0 radical (unpaired) electrons. The molecule has 35 heavy (non-hydrogen) atoms. The Balaban J connectivity index is 1.52. The highest BCUT2D eigenvalue weighted by atomic mass is 16.5. The van der Waals surface area contributed by atoms with Gasteiger partial charge in [0.15, 0.2) is 11.5 Å². The molecule has 2 heterocycles. The summed E-state index contributed by atoms with van der Waals surface area (Å²) >= 11 is 0. The van der Waals surface area contributed by atoms with E-state index >= 15 is 0 Å². The summed E-state index contributed by atoms with van der Waals surface area (Å²) in [4.78, 5) is 25.9. The lowest BCUT2D eigenvalue weighted by Crippen LogP contribution is -2.13. The fraction of sp³-hybridized carbons (Fsp3) is 0.214. The number of amides is 1. The molecule has 178 valence electrons. The highest BCUT2D eigenvalue weighted by Gasteiger charge is 2.15. The molecule has 0 bridgehead atoms. The van der Waals surface area contributed by atoms with Crippen LogP contribution in [0.5, 0.6) is 11.5 Å². The number of hydrogen-bond acceptors (Lipinski definition) is 6. The van der Waals surface area contributed by atoms with Crippen LogP contribution in [0, 0.1) is 6.92 Å². The molecule has 2 N–H and O–H groups in total. The number of phenolic OH excluding ortho intramolecular Hbond substituents is 1. The smallest absolute Gasteiger partial charge is 0.257 e. The van der Waals surface area contributed by atoms with Gasteiger partial charge in [-0.3, -0.25) is 14.8 Å². The van der Waals surface area contributed by atoms with E-state index in [0.29, 0.717) is 23.4 Å². The van der Waals surface area contributed by atoms with E-state index in [-0.39, 0.29) is 17.6 Å². The summed E-state index contributed by atoms with van der Waals surface area (Å²) in [5, 5.41) is 12.9. The van der Waals surface area contributed by atoms with Crippen LogP contribution in [-0.2, 0) is 6.42 Å². The van der Waals surface area contributed by atoms with Crippen LogP contribution >= 0.6 is 0 Å². The number of carbonyl (C=O) groups is 1. The van der Waals surface area contributed by atoms with E-state index in [2.05, 4.69) is 28.3 Å². The van der Waals surface area contributed by atoms with Crippen LogP contribution in [0.1, 0.15) is 46.4 Å². The lowest BCUT2D eigenvalue weighted by molar-refractivity contribution is 0.102. The summed E-state index contributed by atoms with van der Waals surface area (Å²) in [7, 11) is 1.51. The van der Waals surface area contributed by atoms with Crippen LogP contribution in [0.3, 0.4) is 0 Å². The number of aromatic nitrogens is 3. The fourth-order valence-corrected chi connectivity index (χ4v) is 3.98. The summed E-state index contributed by atoms with van der Waals surface area (Å²) in [5.41, 5.74) is 5.71. The third-order valence-electron chi connectivity index (χ3n) is 5.86. The molecular weight excluding hydrogens is 440 g/mol. The molecule has 4 aromatic rings. The van der Waals surface area contributed by atoms with Crippen molar-refractivity contribution in [2.24, 2.45) is 0 Å². The third-order valence-corrected chi connectivity index (χ3v) is 5.86. The molecule has 0 aliphatic rings. The van der Waals surface area contributed by atoms with Gasteiger partial charge in [0.2, 0.25) is 0 Å². The molecule has 4 rings (SSSR count). The second-order valence-electron chi connectivity index (χ2n) is 8.42. The Morgan fingerprint density at radius 3 is 2.66 bits per heavy atom. The van der Waals surface area contributed by atoms with E-state index in [1.165, 1.54) is 7.11 Å². The Labute approximate surface area is 204 Å². The lowest BCUT2D eigenvalue weighted by Gasteiger charge is -2.17. The molecule has 1 amide bonds. The monoisotopic (exact) mass is 468 g/mol. The number of carbonyl (C=O) groups excluding carboxylic acids is 1. The van der Waals surface area contributed by atoms with Gasteiger partial charge in [-0.2, -0.15) is 0 Å². The predicted molar refractivity (Wildman–Crippen MR) is 136 cm³/mol. The molecule has 0 fully saturated rings. The van der Waals surface area contributed by atoms with Crippen molar-refractivity contribution < 1.29 is 14.6 Å². The van der Waals surface area contributed by atoms with E-state index in [4.69, 9.17) is 9.72 Å². The number of ether oxygens (including phenoxy) is 1. The summed E-state index contributed by atoms with van der Waals surface area (Å²) < 4.78 is 5.22. The zero-order chi connectivity index (χ0) is 24.8. The Bertz CT molecular complexity index is 1340. The maximum atomic E-state index is 12.7. The van der Waals surface area contributed by atoms with Crippen molar-refractivity contribution in [3.05, 3.63) is 95.7 Å². The van der Waals surface area contributed by atoms with Gasteiger partial charge in [-0.05, 0) is 73.2 Å². The highest BCUT2D eigenvalue weighted by Crippen LogP contribution is 2.31. The number of benzene rings is 2. The van der Waals surface area contributed by atoms with Crippen LogP contribution < -0.4 is 10.1 Å². The minimum Gasteiger partial charge on any atom is -0.504 e. The van der Waals surface area contributed by atoms with Crippen LogP contribution in [-0.4, -0.2) is 33.1 Å². The van der Waals surface area contributed by atoms with Gasteiger partial charge < -0.3 is 15.2 Å². The molecule has 7 heteroatoms. The third kappa shape index (κ3) is 5.81. The standard InChI is InChI=1S/C28H28N4O3/c1-4-19(11-24-16-30-17-25(31-24)21-8-9-26(33)27(13-21)35-3)20-6-5-7-23(12-20)32-28(34)22-10-18(2)14-29-15-22/h5-10,12-17,19,33H,4,11H2,1-3H3,(H,32,34)/t19-/m1/s1. The van der Waals surface area contributed by atoms with Gasteiger partial charge in [0, 0.05) is 29.8 Å². The van der Waals surface area contributed by atoms with Crippen molar-refractivity contribution in [3.63, 3.8) is 0 Å². The molecular formula is C28H28N4O3. The molecule has 0 spiro atoms. The first-order valence-electron chi connectivity index (χ1n) is 11.5. The number of nitrogens with one attached hydrogen (secondary N) is 1. The lowest BCUT2D eigenvalue weighted by atomic mass is 9.91. The van der Waals surface area contributed by atoms with Crippen LogP contribution in [0.25, 0.3) is 11.3 Å². The van der Waals surface area contributed by atoms with E-state index in [9.17, 15) is 9.90 Å². The molecule has 0 saturated heterocycles.